The first kappa shape index (κ1) is 12.6. The quantitative estimate of drug-likeness (QED) is 0.479. The summed E-state index contributed by atoms with van der Waals surface area (Å²) < 4.78 is 30.9. The maximum Gasteiger partial charge on any atom is 0.276 e. The molecule has 0 amide bonds. The van der Waals surface area contributed by atoms with E-state index in [1.807, 2.05) is 6.07 Å². The first-order valence-electron chi connectivity index (χ1n) is 4.75. The van der Waals surface area contributed by atoms with Gasteiger partial charge < -0.3 is 9.94 Å². The van der Waals surface area contributed by atoms with Crippen LogP contribution in [0.5, 0.6) is 0 Å². The molecule has 5 heteroatoms. The van der Waals surface area contributed by atoms with E-state index in [0.717, 1.165) is 5.56 Å². The number of hydrogen-bond acceptors (Lipinski definition) is 3. The summed E-state index contributed by atoms with van der Waals surface area (Å²) in [5, 5.41) is 10.8. The van der Waals surface area contributed by atoms with Gasteiger partial charge in [0.25, 0.3) is 5.92 Å². The first-order valence-corrected chi connectivity index (χ1v) is 4.75. The highest BCUT2D eigenvalue weighted by Gasteiger charge is 2.34. The largest absolute Gasteiger partial charge is 0.411 e. The third-order valence-electron chi connectivity index (χ3n) is 1.97. The summed E-state index contributed by atoms with van der Waals surface area (Å²) >= 11 is 0. The van der Waals surface area contributed by atoms with E-state index in [1.165, 1.54) is 0 Å². The van der Waals surface area contributed by atoms with Crippen molar-refractivity contribution in [1.29, 1.82) is 0 Å². The van der Waals surface area contributed by atoms with Crippen molar-refractivity contribution in [3.63, 3.8) is 0 Å². The number of alkyl halides is 2. The molecule has 1 aromatic carbocycles. The van der Waals surface area contributed by atoms with Gasteiger partial charge in [0.1, 0.15) is 0 Å². The van der Waals surface area contributed by atoms with Crippen LogP contribution in [0.25, 0.3) is 0 Å². The zero-order valence-electron chi connectivity index (χ0n) is 8.81. The van der Waals surface area contributed by atoms with E-state index < -0.39 is 12.0 Å². The molecule has 0 radical (unpaired) electrons. The van der Waals surface area contributed by atoms with E-state index in [9.17, 15) is 8.78 Å². The minimum atomic E-state index is -3.08. The van der Waals surface area contributed by atoms with Gasteiger partial charge in [-0.15, -0.1) is 0 Å². The Hall–Kier alpha value is -1.49. The molecule has 0 bridgehead atoms. The number of nitrogens with zero attached hydrogens (tertiary/aromatic N) is 1. The minimum Gasteiger partial charge on any atom is -0.411 e. The summed E-state index contributed by atoms with van der Waals surface area (Å²) in [7, 11) is 0. The Bertz CT molecular complexity index is 336. The summed E-state index contributed by atoms with van der Waals surface area (Å²) in [6, 6.07) is 8.93. The minimum absolute atomic E-state index is 0.0426. The van der Waals surface area contributed by atoms with Crippen molar-refractivity contribution >= 4 is 6.21 Å². The Morgan fingerprint density at radius 1 is 1.44 bits per heavy atom. The molecule has 0 aliphatic rings. The van der Waals surface area contributed by atoms with Crippen LogP contribution in [0.1, 0.15) is 12.5 Å². The molecule has 0 saturated heterocycles. The second-order valence-corrected chi connectivity index (χ2v) is 3.44. The topological polar surface area (TPSA) is 41.8 Å². The lowest BCUT2D eigenvalue weighted by Crippen LogP contribution is -2.34. The van der Waals surface area contributed by atoms with Crippen LogP contribution in [0.3, 0.4) is 0 Å². The van der Waals surface area contributed by atoms with Crippen LogP contribution in [0.15, 0.2) is 35.5 Å². The molecule has 0 heterocycles. The smallest absolute Gasteiger partial charge is 0.276 e. The van der Waals surface area contributed by atoms with Crippen LogP contribution in [-0.4, -0.2) is 23.4 Å². The summed E-state index contributed by atoms with van der Waals surface area (Å²) in [5.41, 5.74) is 0.781. The van der Waals surface area contributed by atoms with Crippen molar-refractivity contribution in [2.24, 2.45) is 5.16 Å². The SMILES string of the molecule is CC(F)(F)[C@@H](/C=N/O)OCc1ccccc1. The second kappa shape index (κ2) is 5.55. The average molecular weight is 229 g/mol. The van der Waals surface area contributed by atoms with Crippen LogP contribution in [0.2, 0.25) is 0 Å². The van der Waals surface area contributed by atoms with Gasteiger partial charge >= 0.3 is 0 Å². The lowest BCUT2D eigenvalue weighted by Gasteiger charge is -2.19. The van der Waals surface area contributed by atoms with Crippen molar-refractivity contribution < 1.29 is 18.7 Å². The van der Waals surface area contributed by atoms with Crippen molar-refractivity contribution in [3.8, 4) is 0 Å². The maximum absolute atomic E-state index is 12.9. The van der Waals surface area contributed by atoms with Gasteiger partial charge in [0.2, 0.25) is 0 Å². The van der Waals surface area contributed by atoms with Crippen molar-refractivity contribution in [2.45, 2.75) is 25.6 Å². The van der Waals surface area contributed by atoms with E-state index in [1.54, 1.807) is 24.3 Å². The van der Waals surface area contributed by atoms with Crippen molar-refractivity contribution in [2.75, 3.05) is 0 Å². The molecule has 0 aliphatic heterocycles. The molecule has 1 atom stereocenters. The molecular formula is C11H13F2NO2. The monoisotopic (exact) mass is 229 g/mol. The van der Waals surface area contributed by atoms with E-state index >= 15 is 0 Å². The normalized spacial score (nSPS) is 14.2. The molecule has 0 saturated carbocycles. The van der Waals surface area contributed by atoms with Gasteiger partial charge in [-0.25, -0.2) is 8.78 Å². The molecule has 0 fully saturated rings. The van der Waals surface area contributed by atoms with Crippen LogP contribution >= 0.6 is 0 Å². The van der Waals surface area contributed by atoms with Gasteiger partial charge in [-0.2, -0.15) is 0 Å². The molecule has 1 N–H and O–H groups in total. The molecule has 16 heavy (non-hydrogen) atoms. The van der Waals surface area contributed by atoms with Gasteiger partial charge in [0.15, 0.2) is 6.10 Å². The number of benzene rings is 1. The van der Waals surface area contributed by atoms with E-state index in [0.29, 0.717) is 13.1 Å². The second-order valence-electron chi connectivity index (χ2n) is 3.44. The van der Waals surface area contributed by atoms with E-state index in [-0.39, 0.29) is 6.61 Å². The third-order valence-corrected chi connectivity index (χ3v) is 1.97. The predicted octanol–water partition coefficient (Wildman–Crippen LogP) is 2.69. The highest BCUT2D eigenvalue weighted by molar-refractivity contribution is 5.63. The summed E-state index contributed by atoms with van der Waals surface area (Å²) in [4.78, 5) is 0. The maximum atomic E-state index is 12.9. The lowest BCUT2D eigenvalue weighted by molar-refractivity contribution is -0.0967. The Balaban J connectivity index is 2.58. The number of oxime groups is 1. The van der Waals surface area contributed by atoms with Gasteiger partial charge in [0.05, 0.1) is 12.8 Å². The fraction of sp³-hybridized carbons (Fsp3) is 0.364. The Kier molecular flexibility index (Phi) is 4.37. The predicted molar refractivity (Wildman–Crippen MR) is 55.9 cm³/mol. The molecular weight excluding hydrogens is 216 g/mol. The Morgan fingerprint density at radius 3 is 2.56 bits per heavy atom. The molecule has 88 valence electrons. The lowest BCUT2D eigenvalue weighted by atomic mass is 10.2. The molecule has 1 aromatic rings. The van der Waals surface area contributed by atoms with Crippen LogP contribution in [0, 0.1) is 0 Å². The van der Waals surface area contributed by atoms with Gasteiger partial charge in [-0.1, -0.05) is 35.5 Å². The zero-order chi connectivity index (χ0) is 12.0. The third kappa shape index (κ3) is 3.94. The molecule has 3 nitrogen and oxygen atoms in total. The van der Waals surface area contributed by atoms with Gasteiger partial charge in [0, 0.05) is 6.92 Å². The first-order chi connectivity index (χ1) is 7.54. The highest BCUT2D eigenvalue weighted by atomic mass is 19.3. The fourth-order valence-corrected chi connectivity index (χ4v) is 1.14. The molecule has 0 unspecified atom stereocenters. The number of halogens is 2. The molecule has 0 spiro atoms. The number of hydrogen-bond donors (Lipinski definition) is 1. The average Bonchev–Trinajstić information content (AvgIpc) is 2.24. The Morgan fingerprint density at radius 2 is 2.06 bits per heavy atom. The number of ether oxygens (including phenoxy) is 1. The van der Waals surface area contributed by atoms with Crippen LogP contribution in [-0.2, 0) is 11.3 Å². The van der Waals surface area contributed by atoms with Gasteiger partial charge in [-0.05, 0) is 5.56 Å². The van der Waals surface area contributed by atoms with Gasteiger partial charge in [-0.3, -0.25) is 0 Å². The highest BCUT2D eigenvalue weighted by Crippen LogP contribution is 2.20. The summed E-state index contributed by atoms with van der Waals surface area (Å²) in [6.45, 7) is 0.755. The van der Waals surface area contributed by atoms with Crippen molar-refractivity contribution in [3.05, 3.63) is 35.9 Å². The molecule has 0 aliphatic carbocycles. The van der Waals surface area contributed by atoms with Crippen LogP contribution in [0.4, 0.5) is 8.78 Å². The molecule has 1 rings (SSSR count). The summed E-state index contributed by atoms with van der Waals surface area (Å²) in [5.74, 6) is -3.08. The number of rotatable bonds is 5. The standard InChI is InChI=1S/C11H13F2NO2/c1-11(12,13)10(7-14-15)16-8-9-5-3-2-4-6-9/h2-7,10,15H,8H2,1H3/b14-7+/t10-/m1/s1. The molecule has 0 aromatic heterocycles. The zero-order valence-corrected chi connectivity index (χ0v) is 8.81. The fourth-order valence-electron chi connectivity index (χ4n) is 1.14. The van der Waals surface area contributed by atoms with Crippen molar-refractivity contribution in [1.82, 2.24) is 0 Å². The summed E-state index contributed by atoms with van der Waals surface area (Å²) in [6.07, 6.45) is -0.846. The Labute approximate surface area is 92.3 Å². The van der Waals surface area contributed by atoms with E-state index in [2.05, 4.69) is 5.16 Å². The van der Waals surface area contributed by atoms with E-state index in [4.69, 9.17) is 9.94 Å². The van der Waals surface area contributed by atoms with Crippen LogP contribution < -0.4 is 0 Å².